The van der Waals surface area contributed by atoms with E-state index in [1.165, 1.54) is 6.07 Å². The summed E-state index contributed by atoms with van der Waals surface area (Å²) in [5.41, 5.74) is 0.597. The van der Waals surface area contributed by atoms with Gasteiger partial charge in [-0.3, -0.25) is 14.5 Å². The first-order valence-corrected chi connectivity index (χ1v) is 6.77. The second-order valence-corrected chi connectivity index (χ2v) is 5.46. The molecule has 2 saturated heterocycles. The largest absolute Gasteiger partial charge is 0.378 e. The van der Waals surface area contributed by atoms with Crippen molar-refractivity contribution in [3.8, 4) is 0 Å². The van der Waals surface area contributed by atoms with Gasteiger partial charge in [-0.15, -0.1) is 0 Å². The summed E-state index contributed by atoms with van der Waals surface area (Å²) in [5, 5.41) is 2.99. The van der Waals surface area contributed by atoms with Gasteiger partial charge in [-0.05, 0) is 6.92 Å². The highest BCUT2D eigenvalue weighted by molar-refractivity contribution is 5.79. The van der Waals surface area contributed by atoms with Crippen LogP contribution in [0, 0.1) is 12.8 Å². The number of nitrogens with zero attached hydrogens (tertiary/aromatic N) is 2. The van der Waals surface area contributed by atoms with Crippen molar-refractivity contribution in [3.05, 3.63) is 27.9 Å². The Bertz CT molecular complexity index is 571. The van der Waals surface area contributed by atoms with Crippen LogP contribution < -0.4 is 10.9 Å². The maximum Gasteiger partial charge on any atom is 0.251 e. The van der Waals surface area contributed by atoms with Crippen molar-refractivity contribution in [1.29, 1.82) is 0 Å². The summed E-state index contributed by atoms with van der Waals surface area (Å²) >= 11 is 0. The summed E-state index contributed by atoms with van der Waals surface area (Å²) in [7, 11) is 0. The first kappa shape index (κ1) is 13.3. The van der Waals surface area contributed by atoms with Crippen LogP contribution in [0.2, 0.25) is 0 Å². The maximum atomic E-state index is 11.9. The summed E-state index contributed by atoms with van der Waals surface area (Å²) in [6, 6.07) is 1.53. The van der Waals surface area contributed by atoms with Gasteiger partial charge in [0, 0.05) is 25.7 Å². The van der Waals surface area contributed by atoms with Crippen LogP contribution in [0.5, 0.6) is 0 Å². The minimum absolute atomic E-state index is 0.0121. The normalized spacial score (nSPS) is 26.9. The molecule has 0 aromatic carbocycles. The van der Waals surface area contributed by atoms with E-state index in [9.17, 15) is 9.59 Å². The van der Waals surface area contributed by atoms with Crippen LogP contribution in [0.1, 0.15) is 11.5 Å². The monoisotopic (exact) mass is 278 g/mol. The molecule has 20 heavy (non-hydrogen) atoms. The Morgan fingerprint density at radius 1 is 1.40 bits per heavy atom. The van der Waals surface area contributed by atoms with E-state index in [2.05, 4.69) is 20.2 Å². The molecule has 108 valence electrons. The smallest absolute Gasteiger partial charge is 0.251 e. The van der Waals surface area contributed by atoms with Crippen LogP contribution in [-0.4, -0.2) is 53.1 Å². The van der Waals surface area contributed by atoms with Gasteiger partial charge in [-0.25, -0.2) is 4.98 Å². The number of carbonyl (C=O) groups excluding carboxylic acids is 1. The zero-order chi connectivity index (χ0) is 14.1. The molecule has 2 aliphatic heterocycles. The first-order chi connectivity index (χ1) is 9.60. The third-order valence-electron chi connectivity index (χ3n) is 3.61. The lowest BCUT2D eigenvalue weighted by atomic mass is 10.1. The Morgan fingerprint density at radius 2 is 2.25 bits per heavy atom. The summed E-state index contributed by atoms with van der Waals surface area (Å²) in [6.07, 6.45) is 0. The molecule has 0 unspecified atom stereocenters. The molecule has 1 amide bonds. The molecule has 2 atom stereocenters. The lowest BCUT2D eigenvalue weighted by molar-refractivity contribution is -0.125. The van der Waals surface area contributed by atoms with Gasteiger partial charge in [-0.2, -0.15) is 0 Å². The van der Waals surface area contributed by atoms with Crippen molar-refractivity contribution >= 4 is 5.91 Å². The lowest BCUT2D eigenvalue weighted by Gasteiger charge is -2.27. The predicted molar refractivity (Wildman–Crippen MR) is 71.1 cm³/mol. The van der Waals surface area contributed by atoms with E-state index in [0.717, 1.165) is 12.2 Å². The van der Waals surface area contributed by atoms with Crippen LogP contribution in [0.25, 0.3) is 0 Å². The number of ether oxygens (including phenoxy) is 1. The zero-order valence-corrected chi connectivity index (χ0v) is 11.4. The molecule has 7 heteroatoms. The number of rotatable bonds is 2. The van der Waals surface area contributed by atoms with Gasteiger partial charge < -0.3 is 15.0 Å². The number of hydrogen-bond donors (Lipinski definition) is 2. The fourth-order valence-corrected chi connectivity index (χ4v) is 2.80. The fraction of sp³-hybridized carbons (Fsp3) is 0.615. The van der Waals surface area contributed by atoms with E-state index in [-0.39, 0.29) is 23.4 Å². The van der Waals surface area contributed by atoms with Gasteiger partial charge in [0.2, 0.25) is 5.91 Å². The topological polar surface area (TPSA) is 87.3 Å². The number of H-pyrrole nitrogens is 1. The highest BCUT2D eigenvalue weighted by atomic mass is 16.5. The van der Waals surface area contributed by atoms with Crippen LogP contribution in [-0.2, 0) is 16.1 Å². The van der Waals surface area contributed by atoms with E-state index in [0.29, 0.717) is 32.1 Å². The highest BCUT2D eigenvalue weighted by Crippen LogP contribution is 2.15. The average Bonchev–Trinajstić information content (AvgIpc) is 2.56. The number of fused-ring (bicyclic) bond motifs is 3. The number of hydrogen-bond acceptors (Lipinski definition) is 5. The van der Waals surface area contributed by atoms with E-state index in [4.69, 9.17) is 4.74 Å². The summed E-state index contributed by atoms with van der Waals surface area (Å²) in [6.45, 7) is 4.70. The van der Waals surface area contributed by atoms with Crippen LogP contribution in [0.3, 0.4) is 0 Å². The Labute approximate surface area is 116 Å². The summed E-state index contributed by atoms with van der Waals surface area (Å²) in [4.78, 5) is 32.5. The second kappa shape index (κ2) is 5.34. The van der Waals surface area contributed by atoms with Gasteiger partial charge in [0.15, 0.2) is 0 Å². The van der Waals surface area contributed by atoms with Crippen LogP contribution >= 0.6 is 0 Å². The van der Waals surface area contributed by atoms with Crippen LogP contribution in [0.4, 0.5) is 0 Å². The summed E-state index contributed by atoms with van der Waals surface area (Å²) < 4.78 is 5.49. The molecule has 2 fully saturated rings. The van der Waals surface area contributed by atoms with Crippen LogP contribution in [0.15, 0.2) is 10.9 Å². The third-order valence-corrected chi connectivity index (χ3v) is 3.61. The van der Waals surface area contributed by atoms with Gasteiger partial charge in [0.25, 0.3) is 5.56 Å². The highest BCUT2D eigenvalue weighted by Gasteiger charge is 2.33. The summed E-state index contributed by atoms with van der Waals surface area (Å²) in [5.74, 6) is 0.524. The zero-order valence-electron chi connectivity index (χ0n) is 11.4. The standard InChI is InChI=1S/C13H18N4O3/c1-8-14-10(2-12(18)15-8)4-17-3-9-6-20-7-11(5-17)16-13(9)19/h2,9,11H,3-7H2,1H3,(H,16,19)(H,14,15,18)/t9-,11+/m1/s1. The Morgan fingerprint density at radius 3 is 3.05 bits per heavy atom. The number of aromatic nitrogens is 2. The third kappa shape index (κ3) is 2.88. The van der Waals surface area contributed by atoms with E-state index < -0.39 is 0 Å². The number of aromatic amines is 1. The quantitative estimate of drug-likeness (QED) is 0.726. The van der Waals surface area contributed by atoms with Gasteiger partial charge >= 0.3 is 0 Å². The number of amides is 1. The SMILES string of the molecule is Cc1nc(CN2C[C@H]3COC[C@@H](C2)C(=O)N3)cc(=O)[nH]1. The Hall–Kier alpha value is -1.73. The molecule has 3 heterocycles. The molecule has 7 nitrogen and oxygen atoms in total. The van der Waals surface area contributed by atoms with Gasteiger partial charge in [-0.1, -0.05) is 0 Å². The van der Waals surface area contributed by atoms with Crippen molar-refractivity contribution in [2.24, 2.45) is 5.92 Å². The Balaban J connectivity index is 1.77. The van der Waals surface area contributed by atoms with Crippen molar-refractivity contribution in [2.45, 2.75) is 19.5 Å². The first-order valence-electron chi connectivity index (χ1n) is 6.77. The van der Waals surface area contributed by atoms with Crippen molar-refractivity contribution in [1.82, 2.24) is 20.2 Å². The van der Waals surface area contributed by atoms with E-state index in [1.54, 1.807) is 6.92 Å². The fourth-order valence-electron chi connectivity index (χ4n) is 2.80. The number of aryl methyl sites for hydroxylation is 1. The van der Waals surface area contributed by atoms with E-state index >= 15 is 0 Å². The minimum atomic E-state index is -0.148. The second-order valence-electron chi connectivity index (χ2n) is 5.46. The van der Waals surface area contributed by atoms with Crippen molar-refractivity contribution in [2.75, 3.05) is 26.3 Å². The van der Waals surface area contributed by atoms with Gasteiger partial charge in [0.1, 0.15) is 5.82 Å². The van der Waals surface area contributed by atoms with Crippen molar-refractivity contribution < 1.29 is 9.53 Å². The Kier molecular flexibility index (Phi) is 3.54. The van der Waals surface area contributed by atoms with Crippen molar-refractivity contribution in [3.63, 3.8) is 0 Å². The molecular formula is C13H18N4O3. The number of nitrogens with one attached hydrogen (secondary N) is 2. The lowest BCUT2D eigenvalue weighted by Crippen LogP contribution is -2.41. The molecule has 3 rings (SSSR count). The molecule has 0 radical (unpaired) electrons. The predicted octanol–water partition coefficient (Wildman–Crippen LogP) is -0.975. The molecule has 2 aliphatic rings. The molecule has 0 saturated carbocycles. The van der Waals surface area contributed by atoms with Gasteiger partial charge in [0.05, 0.1) is 30.9 Å². The van der Waals surface area contributed by atoms with E-state index in [1.807, 2.05) is 0 Å². The average molecular weight is 278 g/mol. The molecule has 0 aliphatic carbocycles. The molecule has 2 bridgehead atoms. The molecule has 1 aromatic rings. The minimum Gasteiger partial charge on any atom is -0.378 e. The maximum absolute atomic E-state index is 11.9. The molecular weight excluding hydrogens is 260 g/mol. The molecule has 0 spiro atoms. The molecule has 2 N–H and O–H groups in total. The number of carbonyl (C=O) groups is 1. The molecule has 1 aromatic heterocycles.